The summed E-state index contributed by atoms with van der Waals surface area (Å²) in [6.07, 6.45) is 0. The van der Waals surface area contributed by atoms with E-state index in [9.17, 15) is 0 Å². The fraction of sp³-hybridized carbons (Fsp3) is 0.0870. The predicted molar refractivity (Wildman–Crippen MR) is 198 cm³/mol. The van der Waals surface area contributed by atoms with Gasteiger partial charge in [-0.15, -0.1) is 0 Å². The molecule has 0 amide bonds. The first-order chi connectivity index (χ1) is 22.5. The SMILES string of the molecule is Cc1ccc2c(-c3cccc(-c4ccc5ccccc5c4)c3)c3ccccc3c(-c3ccc4c(c3)-c3ccccc3C4(C)C)c2c1. The third-order valence-electron chi connectivity index (χ3n) is 10.3. The van der Waals surface area contributed by atoms with Crippen molar-refractivity contribution in [3.63, 3.8) is 0 Å². The molecule has 0 nitrogen and oxygen atoms in total. The Morgan fingerprint density at radius 3 is 1.83 bits per heavy atom. The summed E-state index contributed by atoms with van der Waals surface area (Å²) in [6, 6.07) is 56.6. The minimum atomic E-state index is -0.00883. The molecule has 0 aromatic heterocycles. The van der Waals surface area contributed by atoms with E-state index in [-0.39, 0.29) is 5.41 Å². The van der Waals surface area contributed by atoms with E-state index in [1.165, 1.54) is 93.5 Å². The zero-order valence-corrected chi connectivity index (χ0v) is 26.4. The van der Waals surface area contributed by atoms with E-state index in [1.807, 2.05) is 0 Å². The van der Waals surface area contributed by atoms with E-state index in [2.05, 4.69) is 172 Å². The van der Waals surface area contributed by atoms with Crippen LogP contribution < -0.4 is 0 Å². The highest BCUT2D eigenvalue weighted by atomic mass is 14.4. The van der Waals surface area contributed by atoms with Crippen LogP contribution in [-0.2, 0) is 5.41 Å². The Labute approximate surface area is 270 Å². The normalized spacial score (nSPS) is 13.3. The zero-order valence-electron chi connectivity index (χ0n) is 26.4. The van der Waals surface area contributed by atoms with E-state index in [4.69, 9.17) is 0 Å². The van der Waals surface area contributed by atoms with Gasteiger partial charge in [-0.25, -0.2) is 0 Å². The van der Waals surface area contributed by atoms with Gasteiger partial charge in [0, 0.05) is 5.41 Å². The second-order valence-corrected chi connectivity index (χ2v) is 13.4. The number of rotatable bonds is 3. The molecule has 0 spiro atoms. The fourth-order valence-electron chi connectivity index (χ4n) is 8.01. The lowest BCUT2D eigenvalue weighted by molar-refractivity contribution is 0.660. The molecule has 0 saturated carbocycles. The summed E-state index contributed by atoms with van der Waals surface area (Å²) >= 11 is 0. The van der Waals surface area contributed by atoms with Crippen LogP contribution in [0.2, 0.25) is 0 Å². The highest BCUT2D eigenvalue weighted by molar-refractivity contribution is 6.21. The van der Waals surface area contributed by atoms with Crippen LogP contribution in [0.4, 0.5) is 0 Å². The van der Waals surface area contributed by atoms with Crippen LogP contribution in [0.1, 0.15) is 30.5 Å². The van der Waals surface area contributed by atoms with Crippen molar-refractivity contribution in [1.29, 1.82) is 0 Å². The molecule has 9 rings (SSSR count). The molecule has 46 heavy (non-hydrogen) atoms. The smallest absolute Gasteiger partial charge is 0.0158 e. The Balaban J connectivity index is 1.30. The molecule has 1 aliphatic carbocycles. The minimum absolute atomic E-state index is 0.00883. The van der Waals surface area contributed by atoms with E-state index in [1.54, 1.807) is 0 Å². The summed E-state index contributed by atoms with van der Waals surface area (Å²) in [5.41, 5.74) is 14.4. The summed E-state index contributed by atoms with van der Waals surface area (Å²) < 4.78 is 0. The number of benzene rings is 8. The van der Waals surface area contributed by atoms with Gasteiger partial charge < -0.3 is 0 Å². The quantitative estimate of drug-likeness (QED) is 0.181. The summed E-state index contributed by atoms with van der Waals surface area (Å²) in [5, 5.41) is 7.69. The lowest BCUT2D eigenvalue weighted by Gasteiger charge is -2.22. The van der Waals surface area contributed by atoms with Crippen molar-refractivity contribution in [3.8, 4) is 44.5 Å². The fourth-order valence-corrected chi connectivity index (χ4v) is 8.01. The van der Waals surface area contributed by atoms with Crippen LogP contribution in [0, 0.1) is 6.92 Å². The first-order valence-electron chi connectivity index (χ1n) is 16.3. The first-order valence-corrected chi connectivity index (χ1v) is 16.3. The molecule has 0 N–H and O–H groups in total. The van der Waals surface area contributed by atoms with Gasteiger partial charge in [0.15, 0.2) is 0 Å². The molecule has 0 unspecified atom stereocenters. The summed E-state index contributed by atoms with van der Waals surface area (Å²) in [6.45, 7) is 6.92. The van der Waals surface area contributed by atoms with Gasteiger partial charge in [-0.3, -0.25) is 0 Å². The van der Waals surface area contributed by atoms with Gasteiger partial charge >= 0.3 is 0 Å². The predicted octanol–water partition coefficient (Wildman–Crippen LogP) is 12.8. The molecule has 0 aliphatic heterocycles. The van der Waals surface area contributed by atoms with Crippen molar-refractivity contribution in [3.05, 3.63) is 168 Å². The van der Waals surface area contributed by atoms with E-state index >= 15 is 0 Å². The minimum Gasteiger partial charge on any atom is -0.0619 e. The Hall–Kier alpha value is -5.46. The number of hydrogen-bond donors (Lipinski definition) is 0. The second kappa shape index (κ2) is 10.0. The van der Waals surface area contributed by atoms with Crippen LogP contribution in [0.15, 0.2) is 152 Å². The highest BCUT2D eigenvalue weighted by Gasteiger charge is 2.35. The summed E-state index contributed by atoms with van der Waals surface area (Å²) in [5.74, 6) is 0. The summed E-state index contributed by atoms with van der Waals surface area (Å²) in [4.78, 5) is 0. The zero-order chi connectivity index (χ0) is 31.0. The highest BCUT2D eigenvalue weighted by Crippen LogP contribution is 2.51. The number of hydrogen-bond acceptors (Lipinski definition) is 0. The molecule has 1 aliphatic rings. The number of fused-ring (bicyclic) bond motifs is 6. The van der Waals surface area contributed by atoms with Crippen LogP contribution >= 0.6 is 0 Å². The topological polar surface area (TPSA) is 0 Å². The molecule has 0 bridgehead atoms. The second-order valence-electron chi connectivity index (χ2n) is 13.4. The van der Waals surface area contributed by atoms with Crippen molar-refractivity contribution in [2.45, 2.75) is 26.2 Å². The van der Waals surface area contributed by atoms with E-state index in [0.717, 1.165) is 0 Å². The van der Waals surface area contributed by atoms with Gasteiger partial charge in [-0.05, 0) is 113 Å². The molecule has 0 radical (unpaired) electrons. The summed E-state index contributed by atoms with van der Waals surface area (Å²) in [7, 11) is 0. The lowest BCUT2D eigenvalue weighted by Crippen LogP contribution is -2.14. The molecule has 0 atom stereocenters. The van der Waals surface area contributed by atoms with Crippen LogP contribution in [0.25, 0.3) is 76.8 Å². The molecule has 0 heteroatoms. The van der Waals surface area contributed by atoms with Gasteiger partial charge in [0.25, 0.3) is 0 Å². The Morgan fingerprint density at radius 1 is 0.370 bits per heavy atom. The molecular formula is C46H34. The molecular weight excluding hydrogens is 553 g/mol. The maximum absolute atomic E-state index is 2.45. The molecule has 218 valence electrons. The molecule has 0 saturated heterocycles. The third kappa shape index (κ3) is 4.00. The third-order valence-corrected chi connectivity index (χ3v) is 10.3. The maximum atomic E-state index is 2.45. The van der Waals surface area contributed by atoms with Crippen molar-refractivity contribution in [2.24, 2.45) is 0 Å². The molecule has 0 fully saturated rings. The van der Waals surface area contributed by atoms with Crippen LogP contribution in [-0.4, -0.2) is 0 Å². The average Bonchev–Trinajstić information content (AvgIpc) is 3.32. The van der Waals surface area contributed by atoms with Crippen LogP contribution in [0.3, 0.4) is 0 Å². The Kier molecular flexibility index (Phi) is 5.86. The Morgan fingerprint density at radius 2 is 0.978 bits per heavy atom. The standard InChI is InChI=1S/C46H34/c1-29-19-23-39-41(25-29)45(35-22-24-43-40(28-35)36-15-8-9-18-42(36)46(43,2)3)38-17-7-6-16-37(38)44(39)34-14-10-13-32(27-34)33-21-20-30-11-4-5-12-31(30)26-33/h4-28H,1-3H3. The van der Waals surface area contributed by atoms with Gasteiger partial charge in [0.1, 0.15) is 0 Å². The maximum Gasteiger partial charge on any atom is 0.0158 e. The van der Waals surface area contributed by atoms with Gasteiger partial charge in [-0.2, -0.15) is 0 Å². The Bertz CT molecular complexity index is 2510. The number of aryl methyl sites for hydroxylation is 1. The van der Waals surface area contributed by atoms with Crippen LogP contribution in [0.5, 0.6) is 0 Å². The van der Waals surface area contributed by atoms with Gasteiger partial charge in [0.05, 0.1) is 0 Å². The molecule has 0 heterocycles. The van der Waals surface area contributed by atoms with Gasteiger partial charge in [-0.1, -0.05) is 153 Å². The van der Waals surface area contributed by atoms with Crippen molar-refractivity contribution in [1.82, 2.24) is 0 Å². The van der Waals surface area contributed by atoms with Crippen molar-refractivity contribution in [2.75, 3.05) is 0 Å². The van der Waals surface area contributed by atoms with Crippen molar-refractivity contribution < 1.29 is 0 Å². The molecule has 8 aromatic carbocycles. The van der Waals surface area contributed by atoms with Crippen molar-refractivity contribution >= 4 is 32.3 Å². The average molecular weight is 587 g/mol. The van der Waals surface area contributed by atoms with E-state index in [0.29, 0.717) is 0 Å². The van der Waals surface area contributed by atoms with Gasteiger partial charge in [0.2, 0.25) is 0 Å². The monoisotopic (exact) mass is 586 g/mol. The first kappa shape index (κ1) is 26.9. The lowest BCUT2D eigenvalue weighted by atomic mass is 9.81. The molecule has 8 aromatic rings. The largest absolute Gasteiger partial charge is 0.0619 e. The van der Waals surface area contributed by atoms with E-state index < -0.39 is 0 Å².